The molecule has 0 unspecified atom stereocenters. The van der Waals surface area contributed by atoms with Gasteiger partial charge < -0.3 is 4.90 Å². The summed E-state index contributed by atoms with van der Waals surface area (Å²) in [5.74, 6) is -0.298. The molecular weight excluding hydrogens is 257 g/mol. The third-order valence-corrected chi connectivity index (χ3v) is 3.70. The maximum atomic E-state index is 13.4. The lowest BCUT2D eigenvalue weighted by Gasteiger charge is -2.24. The average molecular weight is 273 g/mol. The van der Waals surface area contributed by atoms with Gasteiger partial charge in [-0.2, -0.15) is 5.10 Å². The van der Waals surface area contributed by atoms with Crippen molar-refractivity contribution in [3.8, 4) is 0 Å². The van der Waals surface area contributed by atoms with E-state index >= 15 is 0 Å². The van der Waals surface area contributed by atoms with Crippen molar-refractivity contribution in [2.45, 2.75) is 18.9 Å². The highest BCUT2D eigenvalue weighted by Crippen LogP contribution is 2.33. The number of hydrogen-bond acceptors (Lipinski definition) is 2. The fourth-order valence-corrected chi connectivity index (χ4v) is 2.77. The molecule has 0 saturated carbocycles. The monoisotopic (exact) mass is 273 g/mol. The molecule has 1 fully saturated rings. The van der Waals surface area contributed by atoms with Crippen LogP contribution in [-0.4, -0.2) is 27.1 Å². The van der Waals surface area contributed by atoms with Crippen LogP contribution in [0.2, 0.25) is 0 Å². The van der Waals surface area contributed by atoms with E-state index in [1.165, 1.54) is 12.1 Å². The number of amides is 1. The second-order valence-corrected chi connectivity index (χ2v) is 5.11. The molecule has 4 nitrogen and oxygen atoms in total. The Kier molecular flexibility index (Phi) is 3.26. The Morgan fingerprint density at radius 2 is 2.30 bits per heavy atom. The van der Waals surface area contributed by atoms with Crippen molar-refractivity contribution in [3.05, 3.63) is 53.6 Å². The number of benzene rings is 1. The van der Waals surface area contributed by atoms with E-state index in [4.69, 9.17) is 0 Å². The number of aryl methyl sites for hydroxylation is 1. The number of nitrogens with zero attached hydrogens (tertiary/aromatic N) is 3. The number of aromatic nitrogens is 2. The molecule has 2 aromatic rings. The van der Waals surface area contributed by atoms with Crippen LogP contribution in [0.5, 0.6) is 0 Å². The van der Waals surface area contributed by atoms with Crippen LogP contribution in [0.3, 0.4) is 0 Å². The number of carbonyl (C=O) groups excluding carboxylic acids is 1. The average Bonchev–Trinajstić information content (AvgIpc) is 3.06. The molecule has 1 aliphatic heterocycles. The Hall–Kier alpha value is -2.17. The van der Waals surface area contributed by atoms with Crippen LogP contribution >= 0.6 is 0 Å². The fraction of sp³-hybridized carbons (Fsp3) is 0.333. The van der Waals surface area contributed by atoms with Gasteiger partial charge in [-0.05, 0) is 30.5 Å². The van der Waals surface area contributed by atoms with Gasteiger partial charge in [-0.15, -0.1) is 0 Å². The second-order valence-electron chi connectivity index (χ2n) is 5.11. The molecular formula is C15H16FN3O. The van der Waals surface area contributed by atoms with Crippen molar-refractivity contribution in [2.24, 2.45) is 7.05 Å². The zero-order valence-corrected chi connectivity index (χ0v) is 11.3. The minimum absolute atomic E-state index is 0.0372. The summed E-state index contributed by atoms with van der Waals surface area (Å²) >= 11 is 0. The first kappa shape index (κ1) is 12.8. The van der Waals surface area contributed by atoms with Gasteiger partial charge in [0.2, 0.25) is 0 Å². The summed E-state index contributed by atoms with van der Waals surface area (Å²) in [6.07, 6.45) is 5.09. The third kappa shape index (κ3) is 2.31. The van der Waals surface area contributed by atoms with E-state index < -0.39 is 0 Å². The number of likely N-dealkylation sites (tertiary alicyclic amines) is 1. The molecule has 0 N–H and O–H groups in total. The van der Waals surface area contributed by atoms with E-state index in [1.807, 2.05) is 11.0 Å². The zero-order valence-electron chi connectivity index (χ0n) is 11.3. The van der Waals surface area contributed by atoms with Gasteiger partial charge in [-0.1, -0.05) is 12.1 Å². The largest absolute Gasteiger partial charge is 0.332 e. The van der Waals surface area contributed by atoms with Crippen molar-refractivity contribution in [3.63, 3.8) is 0 Å². The summed E-state index contributed by atoms with van der Waals surface area (Å²) in [6.45, 7) is 0.703. The number of halogens is 1. The Morgan fingerprint density at radius 1 is 1.45 bits per heavy atom. The Balaban J connectivity index is 1.87. The second kappa shape index (κ2) is 5.07. The van der Waals surface area contributed by atoms with Gasteiger partial charge in [-0.25, -0.2) is 4.39 Å². The van der Waals surface area contributed by atoms with E-state index in [1.54, 1.807) is 30.2 Å². The topological polar surface area (TPSA) is 38.1 Å². The standard InChI is InChI=1S/C15H16FN3O/c1-18-10-12(9-17-18)15(20)19-7-3-6-14(19)11-4-2-5-13(16)8-11/h2,4-5,8-10,14H,3,6-7H2,1H3/t14-/m1/s1. The van der Waals surface area contributed by atoms with E-state index in [9.17, 15) is 9.18 Å². The van der Waals surface area contributed by atoms with Gasteiger partial charge in [0.1, 0.15) is 5.82 Å². The first-order valence-electron chi connectivity index (χ1n) is 6.70. The predicted octanol–water partition coefficient (Wildman–Crippen LogP) is 2.54. The van der Waals surface area contributed by atoms with Crippen molar-refractivity contribution in [1.82, 2.24) is 14.7 Å². The molecule has 20 heavy (non-hydrogen) atoms. The summed E-state index contributed by atoms with van der Waals surface area (Å²) in [6, 6.07) is 6.46. The van der Waals surface area contributed by atoms with Gasteiger partial charge in [0.15, 0.2) is 0 Å². The number of hydrogen-bond donors (Lipinski definition) is 0. The molecule has 0 aliphatic carbocycles. The summed E-state index contributed by atoms with van der Waals surface area (Å²) in [4.78, 5) is 14.3. The third-order valence-electron chi connectivity index (χ3n) is 3.70. The molecule has 5 heteroatoms. The Morgan fingerprint density at radius 3 is 3.00 bits per heavy atom. The summed E-state index contributed by atoms with van der Waals surface area (Å²) < 4.78 is 15.0. The van der Waals surface area contributed by atoms with Crippen LogP contribution in [0.1, 0.15) is 34.8 Å². The minimum atomic E-state index is -0.261. The highest BCUT2D eigenvalue weighted by atomic mass is 19.1. The molecule has 2 heterocycles. The van der Waals surface area contributed by atoms with Gasteiger partial charge in [-0.3, -0.25) is 9.48 Å². The zero-order chi connectivity index (χ0) is 14.1. The molecule has 104 valence electrons. The summed E-state index contributed by atoms with van der Waals surface area (Å²) in [7, 11) is 1.78. The minimum Gasteiger partial charge on any atom is -0.332 e. The molecule has 1 aromatic carbocycles. The molecule has 0 spiro atoms. The summed E-state index contributed by atoms with van der Waals surface area (Å²) in [5.41, 5.74) is 1.44. The lowest BCUT2D eigenvalue weighted by atomic mass is 10.0. The Labute approximate surface area is 116 Å². The van der Waals surface area contributed by atoms with Crippen LogP contribution in [0.25, 0.3) is 0 Å². The molecule has 3 rings (SSSR count). The van der Waals surface area contributed by atoms with Crippen LogP contribution < -0.4 is 0 Å². The quantitative estimate of drug-likeness (QED) is 0.843. The molecule has 1 aliphatic rings. The first-order chi connectivity index (χ1) is 9.65. The van der Waals surface area contributed by atoms with Crippen LogP contribution in [-0.2, 0) is 7.05 Å². The van der Waals surface area contributed by atoms with E-state index in [-0.39, 0.29) is 17.8 Å². The first-order valence-corrected chi connectivity index (χ1v) is 6.70. The van der Waals surface area contributed by atoms with Gasteiger partial charge in [0.05, 0.1) is 17.8 Å². The lowest BCUT2D eigenvalue weighted by Crippen LogP contribution is -2.30. The highest BCUT2D eigenvalue weighted by molar-refractivity contribution is 5.94. The molecule has 0 radical (unpaired) electrons. The van der Waals surface area contributed by atoms with Crippen molar-refractivity contribution >= 4 is 5.91 Å². The van der Waals surface area contributed by atoms with Crippen LogP contribution in [0.4, 0.5) is 4.39 Å². The molecule has 1 aromatic heterocycles. The maximum Gasteiger partial charge on any atom is 0.257 e. The van der Waals surface area contributed by atoms with E-state index in [0.29, 0.717) is 12.1 Å². The lowest BCUT2D eigenvalue weighted by molar-refractivity contribution is 0.0735. The highest BCUT2D eigenvalue weighted by Gasteiger charge is 2.31. The molecule has 1 saturated heterocycles. The molecule has 1 atom stereocenters. The Bertz CT molecular complexity index is 638. The number of carbonyl (C=O) groups is 1. The number of rotatable bonds is 2. The molecule has 1 amide bonds. The normalized spacial score (nSPS) is 18.5. The fourth-order valence-electron chi connectivity index (χ4n) is 2.77. The van der Waals surface area contributed by atoms with E-state index in [0.717, 1.165) is 18.4 Å². The van der Waals surface area contributed by atoms with Gasteiger partial charge in [0.25, 0.3) is 5.91 Å². The van der Waals surface area contributed by atoms with Crippen molar-refractivity contribution in [1.29, 1.82) is 0 Å². The van der Waals surface area contributed by atoms with Crippen molar-refractivity contribution in [2.75, 3.05) is 6.54 Å². The van der Waals surface area contributed by atoms with Gasteiger partial charge in [0, 0.05) is 19.8 Å². The predicted molar refractivity (Wildman–Crippen MR) is 72.6 cm³/mol. The van der Waals surface area contributed by atoms with Gasteiger partial charge >= 0.3 is 0 Å². The smallest absolute Gasteiger partial charge is 0.257 e. The maximum absolute atomic E-state index is 13.4. The molecule has 0 bridgehead atoms. The van der Waals surface area contributed by atoms with Crippen LogP contribution in [0.15, 0.2) is 36.7 Å². The summed E-state index contributed by atoms with van der Waals surface area (Å²) in [5, 5.41) is 4.03. The SMILES string of the molecule is Cn1cc(C(=O)N2CCC[C@@H]2c2cccc(F)c2)cn1. The van der Waals surface area contributed by atoms with Crippen molar-refractivity contribution < 1.29 is 9.18 Å². The van der Waals surface area contributed by atoms with E-state index in [2.05, 4.69) is 5.10 Å². The van der Waals surface area contributed by atoms with Crippen LogP contribution in [0, 0.1) is 5.82 Å².